The second kappa shape index (κ2) is 6.28. The van der Waals surface area contributed by atoms with E-state index in [0.717, 1.165) is 19.4 Å². The molecule has 0 spiro atoms. The number of likely N-dealkylation sites (tertiary alicyclic amines) is 1. The van der Waals surface area contributed by atoms with Gasteiger partial charge in [0.15, 0.2) is 10.8 Å². The van der Waals surface area contributed by atoms with E-state index in [1.165, 1.54) is 18.2 Å². The molecule has 0 radical (unpaired) electrons. The van der Waals surface area contributed by atoms with Gasteiger partial charge >= 0.3 is 0 Å². The molecule has 3 heterocycles. The van der Waals surface area contributed by atoms with E-state index in [9.17, 15) is 4.79 Å². The van der Waals surface area contributed by atoms with Crippen molar-refractivity contribution < 1.29 is 4.79 Å². The Morgan fingerprint density at radius 3 is 2.85 bits per heavy atom. The van der Waals surface area contributed by atoms with Gasteiger partial charge in [0.25, 0.3) is 0 Å². The average molecular weight is 413 g/mol. The van der Waals surface area contributed by atoms with Crippen molar-refractivity contribution in [1.82, 2.24) is 19.5 Å². The predicted octanol–water partition coefficient (Wildman–Crippen LogP) is 4.56. The maximum absolute atomic E-state index is 12.9. The molecular weight excluding hydrogens is 391 g/mol. The van der Waals surface area contributed by atoms with E-state index in [0.29, 0.717) is 38.1 Å². The minimum absolute atomic E-state index is 0.173. The van der Waals surface area contributed by atoms with Gasteiger partial charge in [-0.2, -0.15) is 0 Å². The summed E-state index contributed by atoms with van der Waals surface area (Å²) in [6.07, 6.45) is 5.10. The van der Waals surface area contributed by atoms with Gasteiger partial charge in [-0.15, -0.1) is 10.2 Å². The Balaban J connectivity index is 1.48. The lowest BCUT2D eigenvalue weighted by atomic mass is 9.65. The fourth-order valence-corrected chi connectivity index (χ4v) is 6.27. The van der Waals surface area contributed by atoms with E-state index in [4.69, 9.17) is 23.2 Å². The van der Waals surface area contributed by atoms with Gasteiger partial charge < -0.3 is 4.90 Å². The number of hydrogen-bond acceptors (Lipinski definition) is 4. The smallest absolute Gasteiger partial charge is 0.233 e. The number of carbonyl (C=O) groups is 1. The van der Waals surface area contributed by atoms with E-state index >= 15 is 0 Å². The minimum atomic E-state index is 0.173. The lowest BCUT2D eigenvalue weighted by molar-refractivity contribution is -0.129. The summed E-state index contributed by atoms with van der Waals surface area (Å²) >= 11 is 13.6. The molecule has 2 fully saturated rings. The first-order valence-corrected chi connectivity index (χ1v) is 10.5. The Morgan fingerprint density at radius 2 is 2.08 bits per heavy atom. The Kier molecular flexibility index (Phi) is 4.44. The van der Waals surface area contributed by atoms with Crippen molar-refractivity contribution in [3.63, 3.8) is 0 Å². The molecule has 2 aromatic rings. The van der Waals surface area contributed by atoms with Crippen LogP contribution in [0.25, 0.3) is 5.65 Å². The number of hydrogen-bond donors (Lipinski definition) is 0. The van der Waals surface area contributed by atoms with Gasteiger partial charge in [0.05, 0.1) is 15.8 Å². The highest BCUT2D eigenvalue weighted by molar-refractivity contribution is 7.99. The number of fused-ring (bicyclic) bond motifs is 3. The molecule has 8 heteroatoms. The third-order valence-electron chi connectivity index (χ3n) is 5.46. The van der Waals surface area contributed by atoms with E-state index in [-0.39, 0.29) is 11.3 Å². The van der Waals surface area contributed by atoms with Crippen LogP contribution in [-0.4, -0.2) is 43.7 Å². The number of halogens is 2. The number of thioether (sulfide) groups is 1. The molecule has 4 rings (SSSR count). The summed E-state index contributed by atoms with van der Waals surface area (Å²) in [4.78, 5) is 15.0. The highest BCUT2D eigenvalue weighted by Gasteiger charge is 2.50. The largest absolute Gasteiger partial charge is 0.338 e. The molecule has 140 valence electrons. The molecule has 2 aromatic heterocycles. The van der Waals surface area contributed by atoms with Crippen LogP contribution in [0.1, 0.15) is 40.0 Å². The zero-order valence-electron chi connectivity index (χ0n) is 15.1. The lowest BCUT2D eigenvalue weighted by Crippen LogP contribution is -2.38. The van der Waals surface area contributed by atoms with Crippen LogP contribution in [0.15, 0.2) is 17.4 Å². The first kappa shape index (κ1) is 18.4. The molecule has 0 aromatic carbocycles. The number of amides is 1. The fraction of sp³-hybridized carbons (Fsp3) is 0.611. The number of aromatic nitrogens is 3. The first-order chi connectivity index (χ1) is 12.2. The van der Waals surface area contributed by atoms with E-state index in [1.54, 1.807) is 16.7 Å². The second-order valence-corrected chi connectivity index (χ2v) is 10.5. The summed E-state index contributed by atoms with van der Waals surface area (Å²) in [5.41, 5.74) is 1.10. The molecule has 0 N–H and O–H groups in total. The molecule has 2 bridgehead atoms. The lowest BCUT2D eigenvalue weighted by Gasteiger charge is -2.39. The van der Waals surface area contributed by atoms with Crippen LogP contribution in [-0.2, 0) is 4.79 Å². The van der Waals surface area contributed by atoms with Gasteiger partial charge in [-0.3, -0.25) is 9.20 Å². The molecule has 26 heavy (non-hydrogen) atoms. The zero-order valence-corrected chi connectivity index (χ0v) is 17.5. The Hall–Kier alpha value is -0.980. The fourth-order valence-electron chi connectivity index (χ4n) is 4.96. The number of nitrogens with zero attached hydrogens (tertiary/aromatic N) is 4. The molecule has 1 aliphatic heterocycles. The summed E-state index contributed by atoms with van der Waals surface area (Å²) in [5, 5.41) is 9.85. The molecule has 2 atom stereocenters. The van der Waals surface area contributed by atoms with Crippen molar-refractivity contribution in [2.75, 3.05) is 12.3 Å². The standard InChI is InChI=1S/C18H22Cl2N4OS/c1-17(2)5-12-6-18(3,9-17)10-24(12)14(25)8-26-16-22-21-15-13(20)4-11(19)7-23(15)16/h4,7,12H,5-6,8-10H2,1-3H3/t12-,18-/m0/s1. The molecule has 1 saturated heterocycles. The number of carbonyl (C=O) groups excluding carboxylic acids is 1. The van der Waals surface area contributed by atoms with Crippen molar-refractivity contribution >= 4 is 46.5 Å². The quantitative estimate of drug-likeness (QED) is 0.693. The van der Waals surface area contributed by atoms with Crippen molar-refractivity contribution in [1.29, 1.82) is 0 Å². The maximum atomic E-state index is 12.9. The molecule has 2 aliphatic rings. The predicted molar refractivity (Wildman–Crippen MR) is 105 cm³/mol. The molecule has 5 nitrogen and oxygen atoms in total. The van der Waals surface area contributed by atoms with Gasteiger partial charge in [-0.05, 0) is 36.2 Å². The third kappa shape index (κ3) is 3.32. The monoisotopic (exact) mass is 412 g/mol. The zero-order chi connectivity index (χ0) is 18.7. The number of pyridine rings is 1. The van der Waals surface area contributed by atoms with Gasteiger partial charge in [0, 0.05) is 18.8 Å². The Morgan fingerprint density at radius 1 is 1.31 bits per heavy atom. The summed E-state index contributed by atoms with van der Waals surface area (Å²) < 4.78 is 1.75. The number of rotatable bonds is 3. The van der Waals surface area contributed by atoms with Gasteiger partial charge in [0.2, 0.25) is 5.91 Å². The SMILES string of the molecule is CC1(C)C[C@H]2C[C@](C)(CN2C(=O)CSc2nnc3c(Cl)cc(Cl)cn23)C1. The van der Waals surface area contributed by atoms with Crippen LogP contribution in [0, 0.1) is 10.8 Å². The molecule has 1 saturated carbocycles. The summed E-state index contributed by atoms with van der Waals surface area (Å²) in [7, 11) is 0. The molecule has 1 aliphatic carbocycles. The average Bonchev–Trinajstić information content (AvgIpc) is 3.02. The van der Waals surface area contributed by atoms with Crippen LogP contribution < -0.4 is 0 Å². The van der Waals surface area contributed by atoms with Crippen LogP contribution in [0.2, 0.25) is 10.0 Å². The normalized spacial score (nSPS) is 27.3. The van der Waals surface area contributed by atoms with E-state index in [2.05, 4.69) is 35.9 Å². The Bertz CT molecular complexity index is 883. The Labute approximate surface area is 167 Å². The summed E-state index contributed by atoms with van der Waals surface area (Å²) in [6.45, 7) is 7.81. The summed E-state index contributed by atoms with van der Waals surface area (Å²) in [5.74, 6) is 0.518. The van der Waals surface area contributed by atoms with Gasteiger partial charge in [0.1, 0.15) is 0 Å². The van der Waals surface area contributed by atoms with Crippen molar-refractivity contribution in [2.45, 2.75) is 51.2 Å². The molecular formula is C18H22Cl2N4OS. The van der Waals surface area contributed by atoms with Crippen LogP contribution in [0.3, 0.4) is 0 Å². The van der Waals surface area contributed by atoms with Crippen molar-refractivity contribution in [3.05, 3.63) is 22.3 Å². The van der Waals surface area contributed by atoms with Crippen molar-refractivity contribution in [2.24, 2.45) is 10.8 Å². The van der Waals surface area contributed by atoms with Crippen molar-refractivity contribution in [3.8, 4) is 0 Å². The summed E-state index contributed by atoms with van der Waals surface area (Å²) in [6, 6.07) is 2.00. The van der Waals surface area contributed by atoms with Crippen LogP contribution in [0.4, 0.5) is 0 Å². The first-order valence-electron chi connectivity index (χ1n) is 8.78. The van der Waals surface area contributed by atoms with Gasteiger partial charge in [-0.1, -0.05) is 55.7 Å². The topological polar surface area (TPSA) is 50.5 Å². The van der Waals surface area contributed by atoms with E-state index < -0.39 is 0 Å². The second-order valence-electron chi connectivity index (χ2n) is 8.71. The van der Waals surface area contributed by atoms with Crippen LogP contribution >= 0.6 is 35.0 Å². The highest BCUT2D eigenvalue weighted by atomic mass is 35.5. The van der Waals surface area contributed by atoms with E-state index in [1.807, 2.05) is 0 Å². The molecule has 1 amide bonds. The minimum Gasteiger partial charge on any atom is -0.338 e. The highest BCUT2D eigenvalue weighted by Crippen LogP contribution is 2.52. The third-order valence-corrected chi connectivity index (χ3v) is 6.87. The molecule has 0 unspecified atom stereocenters. The van der Waals surface area contributed by atoms with Crippen LogP contribution in [0.5, 0.6) is 0 Å². The maximum Gasteiger partial charge on any atom is 0.233 e. The van der Waals surface area contributed by atoms with Gasteiger partial charge in [-0.25, -0.2) is 0 Å².